The number of aryl methyl sites for hydroxylation is 1. The molecule has 1 atom stereocenters. The van der Waals surface area contributed by atoms with Gasteiger partial charge >= 0.3 is 0 Å². The van der Waals surface area contributed by atoms with Crippen molar-refractivity contribution in [2.24, 2.45) is 5.73 Å². The number of nitrogens with zero attached hydrogens (tertiary/aromatic N) is 1. The molecule has 106 valence electrons. The van der Waals surface area contributed by atoms with Gasteiger partial charge in [0.15, 0.2) is 0 Å². The third-order valence-electron chi connectivity index (χ3n) is 2.56. The molecule has 0 aliphatic rings. The predicted octanol–water partition coefficient (Wildman–Crippen LogP) is 0.919. The van der Waals surface area contributed by atoms with E-state index in [0.717, 1.165) is 6.07 Å². The Bertz CT molecular complexity index is 569. The average Bonchev–Trinajstić information content (AvgIpc) is 2.28. The minimum Gasteiger partial charge on any atom is -0.328 e. The molecule has 1 rings (SSSR count). The van der Waals surface area contributed by atoms with Crippen LogP contribution in [-0.2, 0) is 10.0 Å². The summed E-state index contributed by atoms with van der Waals surface area (Å²) in [6.07, 6.45) is 0.493. The summed E-state index contributed by atoms with van der Waals surface area (Å²) in [6.45, 7) is 3.55. The van der Waals surface area contributed by atoms with E-state index in [2.05, 4.69) is 4.72 Å². The Morgan fingerprint density at radius 3 is 2.63 bits per heavy atom. The number of nitro benzene ring substituents is 1. The van der Waals surface area contributed by atoms with Crippen LogP contribution in [0.4, 0.5) is 5.69 Å². The van der Waals surface area contributed by atoms with E-state index < -0.39 is 14.9 Å². The number of hydrogen-bond acceptors (Lipinski definition) is 5. The third-order valence-corrected chi connectivity index (χ3v) is 4.17. The van der Waals surface area contributed by atoms with Gasteiger partial charge in [0, 0.05) is 24.7 Å². The molecule has 19 heavy (non-hydrogen) atoms. The largest absolute Gasteiger partial charge is 0.328 e. The molecular formula is C11H17N3O4S. The molecule has 0 bridgehead atoms. The van der Waals surface area contributed by atoms with Crippen molar-refractivity contribution < 1.29 is 13.3 Å². The van der Waals surface area contributed by atoms with Crippen LogP contribution in [0.15, 0.2) is 23.1 Å². The molecular weight excluding hydrogens is 270 g/mol. The van der Waals surface area contributed by atoms with E-state index in [9.17, 15) is 18.5 Å². The first-order chi connectivity index (χ1) is 8.74. The predicted molar refractivity (Wildman–Crippen MR) is 71.3 cm³/mol. The van der Waals surface area contributed by atoms with Crippen LogP contribution in [0.25, 0.3) is 0 Å². The average molecular weight is 287 g/mol. The van der Waals surface area contributed by atoms with Crippen molar-refractivity contribution in [3.63, 3.8) is 0 Å². The van der Waals surface area contributed by atoms with Crippen LogP contribution < -0.4 is 10.5 Å². The molecule has 1 aromatic carbocycles. The molecule has 8 heteroatoms. The summed E-state index contributed by atoms with van der Waals surface area (Å²) in [7, 11) is -3.75. The normalized spacial score (nSPS) is 13.2. The van der Waals surface area contributed by atoms with Gasteiger partial charge in [0.05, 0.1) is 9.82 Å². The van der Waals surface area contributed by atoms with Crippen LogP contribution >= 0.6 is 0 Å². The van der Waals surface area contributed by atoms with Gasteiger partial charge in [-0.15, -0.1) is 0 Å². The van der Waals surface area contributed by atoms with E-state index in [1.165, 1.54) is 12.1 Å². The van der Waals surface area contributed by atoms with E-state index in [4.69, 9.17) is 5.73 Å². The number of nitrogens with one attached hydrogen (secondary N) is 1. The standard InChI is InChI=1S/C11H17N3O4S/c1-8-3-4-10(14(15)16)7-11(8)19(17,18)13-6-5-9(2)12/h3-4,7,9,13H,5-6,12H2,1-2H3. The van der Waals surface area contributed by atoms with Crippen molar-refractivity contribution in [2.75, 3.05) is 6.54 Å². The van der Waals surface area contributed by atoms with Crippen molar-refractivity contribution in [3.8, 4) is 0 Å². The molecule has 0 amide bonds. The number of nitro groups is 1. The summed E-state index contributed by atoms with van der Waals surface area (Å²) < 4.78 is 26.5. The fourth-order valence-electron chi connectivity index (χ4n) is 1.49. The maximum absolute atomic E-state index is 12.0. The van der Waals surface area contributed by atoms with Gasteiger partial charge in [0.2, 0.25) is 10.0 Å². The number of nitrogens with two attached hydrogens (primary N) is 1. The second kappa shape index (κ2) is 6.09. The monoisotopic (exact) mass is 287 g/mol. The summed E-state index contributed by atoms with van der Waals surface area (Å²) in [5, 5.41) is 10.7. The Balaban J connectivity index is 3.00. The highest BCUT2D eigenvalue weighted by Gasteiger charge is 2.20. The summed E-state index contributed by atoms with van der Waals surface area (Å²) in [4.78, 5) is 9.97. The maximum Gasteiger partial charge on any atom is 0.270 e. The van der Waals surface area contributed by atoms with Crippen molar-refractivity contribution in [1.29, 1.82) is 0 Å². The van der Waals surface area contributed by atoms with Crippen LogP contribution in [0.3, 0.4) is 0 Å². The molecule has 7 nitrogen and oxygen atoms in total. The molecule has 3 N–H and O–H groups in total. The minimum absolute atomic E-state index is 0.0774. The second-order valence-electron chi connectivity index (χ2n) is 4.37. The molecule has 0 heterocycles. The van der Waals surface area contributed by atoms with Crippen LogP contribution in [0.2, 0.25) is 0 Å². The minimum atomic E-state index is -3.75. The molecule has 1 unspecified atom stereocenters. The number of hydrogen-bond donors (Lipinski definition) is 2. The highest BCUT2D eigenvalue weighted by atomic mass is 32.2. The second-order valence-corrected chi connectivity index (χ2v) is 6.11. The topological polar surface area (TPSA) is 115 Å². The van der Waals surface area contributed by atoms with Crippen molar-refractivity contribution in [3.05, 3.63) is 33.9 Å². The van der Waals surface area contributed by atoms with Gasteiger partial charge in [-0.05, 0) is 25.8 Å². The first kappa shape index (κ1) is 15.5. The van der Waals surface area contributed by atoms with Gasteiger partial charge in [0.25, 0.3) is 5.69 Å². The zero-order chi connectivity index (χ0) is 14.6. The Morgan fingerprint density at radius 1 is 1.47 bits per heavy atom. The quantitative estimate of drug-likeness (QED) is 0.596. The van der Waals surface area contributed by atoms with Gasteiger partial charge < -0.3 is 5.73 Å². The summed E-state index contributed by atoms with van der Waals surface area (Å²) in [5.74, 6) is 0. The zero-order valence-corrected chi connectivity index (χ0v) is 11.6. The van der Waals surface area contributed by atoms with Crippen molar-refractivity contribution in [2.45, 2.75) is 31.2 Å². The SMILES string of the molecule is Cc1ccc([N+](=O)[O-])cc1S(=O)(=O)NCCC(C)N. The van der Waals surface area contributed by atoms with Crippen molar-refractivity contribution in [1.82, 2.24) is 4.72 Å². The molecule has 0 saturated heterocycles. The Morgan fingerprint density at radius 2 is 2.11 bits per heavy atom. The van der Waals surface area contributed by atoms with E-state index >= 15 is 0 Å². The van der Waals surface area contributed by atoms with Crippen LogP contribution in [0, 0.1) is 17.0 Å². The number of benzene rings is 1. The van der Waals surface area contributed by atoms with Crippen LogP contribution in [0.5, 0.6) is 0 Å². The molecule has 0 fully saturated rings. The van der Waals surface area contributed by atoms with Crippen LogP contribution in [-0.4, -0.2) is 25.9 Å². The summed E-state index contributed by atoms with van der Waals surface area (Å²) >= 11 is 0. The molecule has 0 saturated carbocycles. The Kier molecular flexibility index (Phi) is 4.98. The van der Waals surface area contributed by atoms with E-state index in [1.54, 1.807) is 13.8 Å². The third kappa shape index (κ3) is 4.27. The van der Waals surface area contributed by atoms with Crippen LogP contribution in [0.1, 0.15) is 18.9 Å². The lowest BCUT2D eigenvalue weighted by Crippen LogP contribution is -2.29. The first-order valence-corrected chi connectivity index (χ1v) is 7.22. The number of non-ortho nitro benzene ring substituents is 1. The maximum atomic E-state index is 12.0. The fourth-order valence-corrected chi connectivity index (χ4v) is 2.80. The van der Waals surface area contributed by atoms with E-state index in [-0.39, 0.29) is 23.2 Å². The van der Waals surface area contributed by atoms with Gasteiger partial charge in [0.1, 0.15) is 0 Å². The Hall–Kier alpha value is -1.51. The lowest BCUT2D eigenvalue weighted by atomic mass is 10.2. The fraction of sp³-hybridized carbons (Fsp3) is 0.455. The lowest BCUT2D eigenvalue weighted by molar-refractivity contribution is -0.385. The van der Waals surface area contributed by atoms with E-state index in [0.29, 0.717) is 12.0 Å². The van der Waals surface area contributed by atoms with Gasteiger partial charge in [-0.2, -0.15) is 0 Å². The zero-order valence-electron chi connectivity index (χ0n) is 10.8. The highest BCUT2D eigenvalue weighted by molar-refractivity contribution is 7.89. The van der Waals surface area contributed by atoms with E-state index in [1.807, 2.05) is 0 Å². The molecule has 1 aromatic rings. The smallest absolute Gasteiger partial charge is 0.270 e. The molecule has 0 aromatic heterocycles. The first-order valence-electron chi connectivity index (χ1n) is 5.74. The molecule has 0 spiro atoms. The summed E-state index contributed by atoms with van der Waals surface area (Å²) in [6, 6.07) is 3.63. The van der Waals surface area contributed by atoms with Gasteiger partial charge in [-0.25, -0.2) is 13.1 Å². The molecule has 0 aliphatic carbocycles. The van der Waals surface area contributed by atoms with Crippen molar-refractivity contribution >= 4 is 15.7 Å². The summed E-state index contributed by atoms with van der Waals surface area (Å²) in [5.41, 5.74) is 5.74. The van der Waals surface area contributed by atoms with Gasteiger partial charge in [-0.3, -0.25) is 10.1 Å². The van der Waals surface area contributed by atoms with Gasteiger partial charge in [-0.1, -0.05) is 6.07 Å². The lowest BCUT2D eigenvalue weighted by Gasteiger charge is -2.10. The highest BCUT2D eigenvalue weighted by Crippen LogP contribution is 2.21. The molecule has 0 aliphatic heterocycles. The Labute approximate surface area is 112 Å². The number of rotatable bonds is 6. The number of sulfonamides is 1. The molecule has 0 radical (unpaired) electrons.